The van der Waals surface area contributed by atoms with Gasteiger partial charge in [-0.15, -0.1) is 0 Å². The Kier molecular flexibility index (Phi) is 6.10. The normalized spacial score (nSPS) is 16.3. The molecule has 178 valence electrons. The molecule has 3 heterocycles. The Morgan fingerprint density at radius 3 is 2.74 bits per heavy atom. The number of piperidine rings is 1. The molecule has 1 atom stereocenters. The van der Waals surface area contributed by atoms with E-state index in [0.717, 1.165) is 41.7 Å². The number of hydrogen-bond donors (Lipinski definition) is 1. The number of nitrogens with zero attached hydrogens (tertiary/aromatic N) is 4. The topological polar surface area (TPSA) is 87.1 Å². The Bertz CT molecular complexity index is 1400. The summed E-state index contributed by atoms with van der Waals surface area (Å²) in [6.45, 7) is 5.38. The second-order valence-electron chi connectivity index (χ2n) is 9.00. The number of nitrogens with one attached hydrogen (secondary N) is 1. The monoisotopic (exact) mass is 471 g/mol. The average Bonchev–Trinajstić information content (AvgIpc) is 3.39. The molecule has 1 N–H and O–H groups in total. The van der Waals surface area contributed by atoms with E-state index in [1.807, 2.05) is 38.1 Å². The predicted octanol–water partition coefficient (Wildman–Crippen LogP) is 5.06. The number of rotatable bonds is 5. The summed E-state index contributed by atoms with van der Waals surface area (Å²) in [6.07, 6.45) is 1.89. The second-order valence-corrected chi connectivity index (χ2v) is 9.00. The fraction of sp³-hybridized carbons (Fsp3) is 0.296. The highest BCUT2D eigenvalue weighted by Gasteiger charge is 2.27. The van der Waals surface area contributed by atoms with Crippen molar-refractivity contribution in [3.63, 3.8) is 0 Å². The fourth-order valence-electron chi connectivity index (χ4n) is 4.81. The van der Waals surface area contributed by atoms with Crippen LogP contribution < -0.4 is 5.32 Å². The number of oxazole rings is 1. The Hall–Kier alpha value is -3.96. The molecule has 0 radical (unpaired) electrons. The molecule has 0 spiro atoms. The van der Waals surface area contributed by atoms with Crippen LogP contribution in [0.1, 0.15) is 41.5 Å². The van der Waals surface area contributed by atoms with E-state index in [9.17, 15) is 14.4 Å². The van der Waals surface area contributed by atoms with Crippen LogP contribution in [0.5, 0.6) is 0 Å². The molecule has 0 aliphatic carbocycles. The summed E-state index contributed by atoms with van der Waals surface area (Å²) in [5.41, 5.74) is 4.29. The summed E-state index contributed by atoms with van der Waals surface area (Å²) in [6, 6.07) is 15.9. The maximum Gasteiger partial charge on any atom is 0.239 e. The van der Waals surface area contributed by atoms with Crippen LogP contribution in [0.2, 0.25) is 0 Å². The summed E-state index contributed by atoms with van der Waals surface area (Å²) in [4.78, 5) is 19.9. The van der Waals surface area contributed by atoms with E-state index in [-0.39, 0.29) is 24.2 Å². The number of amides is 1. The lowest BCUT2D eigenvalue weighted by molar-refractivity contribution is -0.117. The molecule has 0 saturated carbocycles. The molecule has 1 unspecified atom stereocenters. The molecule has 7 nitrogen and oxygen atoms in total. The summed E-state index contributed by atoms with van der Waals surface area (Å²) in [5.74, 6) is 0.679. The molecule has 2 aromatic heterocycles. The molecule has 5 rings (SSSR count). The maximum absolute atomic E-state index is 13.5. The number of benzene rings is 2. The third-order valence-corrected chi connectivity index (χ3v) is 6.70. The maximum atomic E-state index is 13.5. The second kappa shape index (κ2) is 9.35. The Morgan fingerprint density at radius 2 is 2.00 bits per heavy atom. The molecule has 2 aromatic carbocycles. The van der Waals surface area contributed by atoms with Gasteiger partial charge in [0.05, 0.1) is 12.1 Å². The van der Waals surface area contributed by atoms with Crippen molar-refractivity contribution in [3.8, 4) is 11.8 Å². The van der Waals surface area contributed by atoms with Crippen LogP contribution in [0.3, 0.4) is 0 Å². The standard InChI is InChI=1S/C27H26FN5O2/c1-17-18(2)33(21-11-9-20(28)10-12-21)26(22(17)14-29)31-25(34)16-32-13-5-6-19(15-32)27-30-23-7-3-4-8-24(23)35-27/h3-4,7-12,19H,5-6,13,15-16H2,1-2H3,(H,31,34). The summed E-state index contributed by atoms with van der Waals surface area (Å²) >= 11 is 0. The van der Waals surface area contributed by atoms with Gasteiger partial charge in [0.25, 0.3) is 0 Å². The van der Waals surface area contributed by atoms with E-state index in [0.29, 0.717) is 29.5 Å². The number of fused-ring (bicyclic) bond motifs is 1. The van der Waals surface area contributed by atoms with E-state index in [4.69, 9.17) is 4.42 Å². The van der Waals surface area contributed by atoms with Crippen molar-refractivity contribution in [1.82, 2.24) is 14.5 Å². The van der Waals surface area contributed by atoms with Crippen LogP contribution in [0.4, 0.5) is 10.2 Å². The zero-order valence-electron chi connectivity index (χ0n) is 19.7. The number of carbonyl (C=O) groups is 1. The first kappa shape index (κ1) is 22.8. The molecule has 1 aliphatic heterocycles. The van der Waals surface area contributed by atoms with Crippen molar-refractivity contribution in [2.45, 2.75) is 32.6 Å². The Labute approximate surface area is 202 Å². The van der Waals surface area contributed by atoms with Crippen molar-refractivity contribution in [2.24, 2.45) is 0 Å². The lowest BCUT2D eigenvalue weighted by atomic mass is 9.98. The first-order valence-corrected chi connectivity index (χ1v) is 11.7. The quantitative estimate of drug-likeness (QED) is 0.439. The molecule has 1 fully saturated rings. The zero-order valence-corrected chi connectivity index (χ0v) is 19.7. The summed E-state index contributed by atoms with van der Waals surface area (Å²) in [7, 11) is 0. The van der Waals surface area contributed by atoms with Gasteiger partial charge in [-0.1, -0.05) is 12.1 Å². The van der Waals surface area contributed by atoms with Crippen LogP contribution in [0.25, 0.3) is 16.8 Å². The molecule has 35 heavy (non-hydrogen) atoms. The molecule has 1 amide bonds. The lowest BCUT2D eigenvalue weighted by Gasteiger charge is -2.30. The summed E-state index contributed by atoms with van der Waals surface area (Å²) in [5, 5.41) is 12.7. The minimum absolute atomic E-state index is 0.117. The van der Waals surface area contributed by atoms with Gasteiger partial charge in [0.15, 0.2) is 11.5 Å². The first-order valence-electron chi connectivity index (χ1n) is 11.7. The minimum Gasteiger partial charge on any atom is -0.440 e. The highest BCUT2D eigenvalue weighted by Crippen LogP contribution is 2.31. The Balaban J connectivity index is 1.34. The van der Waals surface area contributed by atoms with Gasteiger partial charge in [0, 0.05) is 23.8 Å². The van der Waals surface area contributed by atoms with Crippen LogP contribution in [-0.4, -0.2) is 40.0 Å². The minimum atomic E-state index is -0.347. The summed E-state index contributed by atoms with van der Waals surface area (Å²) < 4.78 is 21.3. The van der Waals surface area contributed by atoms with E-state index < -0.39 is 0 Å². The smallest absolute Gasteiger partial charge is 0.239 e. The fourth-order valence-corrected chi connectivity index (χ4v) is 4.81. The lowest BCUT2D eigenvalue weighted by Crippen LogP contribution is -2.40. The van der Waals surface area contributed by atoms with Crippen molar-refractivity contribution in [2.75, 3.05) is 25.0 Å². The van der Waals surface area contributed by atoms with E-state index >= 15 is 0 Å². The van der Waals surface area contributed by atoms with Gasteiger partial charge in [-0.05, 0) is 75.2 Å². The SMILES string of the molecule is Cc1c(C#N)c(NC(=O)CN2CCCC(c3nc4ccccc4o3)C2)n(-c2ccc(F)cc2)c1C. The molecular formula is C27H26FN5O2. The number of aromatic nitrogens is 2. The van der Waals surface area contributed by atoms with Crippen LogP contribution >= 0.6 is 0 Å². The van der Waals surface area contributed by atoms with E-state index in [1.54, 1.807) is 16.7 Å². The number of carbonyl (C=O) groups excluding carboxylic acids is 1. The van der Waals surface area contributed by atoms with Gasteiger partial charge < -0.3 is 9.73 Å². The first-order chi connectivity index (χ1) is 16.9. The third kappa shape index (κ3) is 4.43. The molecule has 8 heteroatoms. The van der Waals surface area contributed by atoms with Crippen molar-refractivity contribution < 1.29 is 13.6 Å². The predicted molar refractivity (Wildman–Crippen MR) is 131 cm³/mol. The van der Waals surface area contributed by atoms with Gasteiger partial charge >= 0.3 is 0 Å². The molecule has 4 aromatic rings. The van der Waals surface area contributed by atoms with Crippen molar-refractivity contribution in [1.29, 1.82) is 5.26 Å². The number of halogens is 1. The van der Waals surface area contributed by atoms with Gasteiger partial charge in [0.1, 0.15) is 23.2 Å². The van der Waals surface area contributed by atoms with Gasteiger partial charge in [0.2, 0.25) is 5.91 Å². The molecule has 1 aliphatic rings. The Morgan fingerprint density at radius 1 is 1.23 bits per heavy atom. The van der Waals surface area contributed by atoms with E-state index in [2.05, 4.69) is 21.3 Å². The van der Waals surface area contributed by atoms with Crippen LogP contribution in [0.15, 0.2) is 52.9 Å². The van der Waals surface area contributed by atoms with Crippen molar-refractivity contribution in [3.05, 3.63) is 77.1 Å². The highest BCUT2D eigenvalue weighted by atomic mass is 19.1. The number of para-hydroxylation sites is 2. The number of nitriles is 1. The van der Waals surface area contributed by atoms with Gasteiger partial charge in [-0.25, -0.2) is 9.37 Å². The zero-order chi connectivity index (χ0) is 24.5. The number of anilines is 1. The van der Waals surface area contributed by atoms with Crippen molar-refractivity contribution >= 4 is 22.8 Å². The van der Waals surface area contributed by atoms with E-state index in [1.165, 1.54) is 12.1 Å². The highest BCUT2D eigenvalue weighted by molar-refractivity contribution is 5.93. The van der Waals surface area contributed by atoms with Gasteiger partial charge in [-0.2, -0.15) is 5.26 Å². The number of likely N-dealkylation sites (tertiary alicyclic amines) is 1. The third-order valence-electron chi connectivity index (χ3n) is 6.70. The molecule has 0 bridgehead atoms. The largest absolute Gasteiger partial charge is 0.440 e. The average molecular weight is 472 g/mol. The number of hydrogen-bond acceptors (Lipinski definition) is 5. The molecule has 1 saturated heterocycles. The van der Waals surface area contributed by atoms with Crippen LogP contribution in [0, 0.1) is 31.0 Å². The molecular weight excluding hydrogens is 445 g/mol. The van der Waals surface area contributed by atoms with Gasteiger partial charge in [-0.3, -0.25) is 14.3 Å². The van der Waals surface area contributed by atoms with Crippen LogP contribution in [-0.2, 0) is 4.79 Å².